The molecule has 1 heterocycles. The van der Waals surface area contributed by atoms with E-state index in [1.54, 1.807) is 12.1 Å². The number of sulfonamides is 1. The number of likely N-dealkylation sites (N-methyl/N-ethyl adjacent to an activating group) is 1. The molecule has 0 amide bonds. The summed E-state index contributed by atoms with van der Waals surface area (Å²) >= 11 is 0. The Kier molecular flexibility index (Phi) is 5.17. The Balaban J connectivity index is 1.77. The third kappa shape index (κ3) is 4.23. The van der Waals surface area contributed by atoms with E-state index in [-0.39, 0.29) is 17.6 Å². The molecule has 7 heteroatoms. The average molecular weight is 366 g/mol. The monoisotopic (exact) mass is 366 g/mol. The van der Waals surface area contributed by atoms with Crippen LogP contribution in [0.5, 0.6) is 0 Å². The second kappa shape index (κ2) is 7.19. The van der Waals surface area contributed by atoms with Gasteiger partial charge in [0.2, 0.25) is 10.0 Å². The minimum Gasteiger partial charge on any atom is -0.297 e. The van der Waals surface area contributed by atoms with E-state index in [0.717, 1.165) is 5.56 Å². The first-order valence-electron chi connectivity index (χ1n) is 8.03. The van der Waals surface area contributed by atoms with Crippen molar-refractivity contribution >= 4 is 10.0 Å². The van der Waals surface area contributed by atoms with Gasteiger partial charge in [-0.2, -0.15) is 4.31 Å². The minimum absolute atomic E-state index is 0.127. The molecule has 134 valence electrons. The van der Waals surface area contributed by atoms with Gasteiger partial charge in [0, 0.05) is 25.7 Å². The topological polar surface area (TPSA) is 40.6 Å². The summed E-state index contributed by atoms with van der Waals surface area (Å²) in [6.07, 6.45) is 0. The number of hydrogen-bond acceptors (Lipinski definition) is 3. The number of piperazine rings is 1. The van der Waals surface area contributed by atoms with Gasteiger partial charge in [-0.05, 0) is 42.4 Å². The lowest BCUT2D eigenvalue weighted by Gasteiger charge is -2.39. The fourth-order valence-corrected chi connectivity index (χ4v) is 4.55. The van der Waals surface area contributed by atoms with Crippen molar-refractivity contribution in [1.82, 2.24) is 9.21 Å². The van der Waals surface area contributed by atoms with Crippen LogP contribution in [0.1, 0.15) is 17.2 Å². The fourth-order valence-electron chi connectivity index (χ4n) is 3.03. The van der Waals surface area contributed by atoms with Crippen LogP contribution in [0.15, 0.2) is 48.5 Å². The predicted molar refractivity (Wildman–Crippen MR) is 92.4 cm³/mol. The Bertz CT molecular complexity index is 823. The predicted octanol–water partition coefficient (Wildman–Crippen LogP) is 2.78. The van der Waals surface area contributed by atoms with E-state index in [1.807, 2.05) is 7.05 Å². The van der Waals surface area contributed by atoms with Crippen LogP contribution >= 0.6 is 0 Å². The minimum atomic E-state index is -3.51. The molecular weight excluding hydrogens is 346 g/mol. The van der Waals surface area contributed by atoms with Gasteiger partial charge in [0.1, 0.15) is 11.6 Å². The van der Waals surface area contributed by atoms with E-state index in [2.05, 4.69) is 4.90 Å². The van der Waals surface area contributed by atoms with Crippen molar-refractivity contribution in [3.8, 4) is 0 Å². The lowest BCUT2D eigenvalue weighted by atomic mass is 10.0. The highest BCUT2D eigenvalue weighted by Gasteiger charge is 2.32. The number of halogens is 2. The van der Waals surface area contributed by atoms with Gasteiger partial charge >= 0.3 is 0 Å². The highest BCUT2D eigenvalue weighted by Crippen LogP contribution is 2.26. The summed E-state index contributed by atoms with van der Waals surface area (Å²) in [4.78, 5) is 2.07. The van der Waals surface area contributed by atoms with Crippen molar-refractivity contribution < 1.29 is 17.2 Å². The largest absolute Gasteiger partial charge is 0.297 e. The molecule has 1 aliphatic heterocycles. The molecule has 0 aromatic heterocycles. The summed E-state index contributed by atoms with van der Waals surface area (Å²) in [5.41, 5.74) is 1.43. The molecule has 0 saturated carbocycles. The van der Waals surface area contributed by atoms with Crippen molar-refractivity contribution in [2.45, 2.75) is 11.8 Å². The first-order valence-corrected chi connectivity index (χ1v) is 9.64. The molecule has 2 aromatic carbocycles. The smallest absolute Gasteiger partial charge is 0.218 e. The molecule has 1 unspecified atom stereocenters. The van der Waals surface area contributed by atoms with Crippen LogP contribution in [0.4, 0.5) is 8.78 Å². The standard InChI is InChI=1S/C18H20F2N2O2S/c1-21-10-11-22(12-18(21)15-4-8-17(20)9-5-15)25(23,24)13-14-2-6-16(19)7-3-14/h2-9,18H,10-13H2,1H3. The first kappa shape index (κ1) is 18.0. The molecule has 1 atom stereocenters. The normalized spacial score (nSPS) is 19.9. The van der Waals surface area contributed by atoms with E-state index in [0.29, 0.717) is 25.2 Å². The van der Waals surface area contributed by atoms with Gasteiger partial charge in [0.05, 0.1) is 5.75 Å². The molecule has 3 rings (SSSR count). The molecule has 1 aliphatic rings. The van der Waals surface area contributed by atoms with Crippen LogP contribution < -0.4 is 0 Å². The third-order valence-electron chi connectivity index (χ3n) is 4.52. The van der Waals surface area contributed by atoms with Gasteiger partial charge in [-0.1, -0.05) is 24.3 Å². The average Bonchev–Trinajstić information content (AvgIpc) is 2.58. The molecule has 0 radical (unpaired) electrons. The van der Waals surface area contributed by atoms with E-state index in [9.17, 15) is 17.2 Å². The van der Waals surface area contributed by atoms with Gasteiger partial charge in [0.15, 0.2) is 0 Å². The van der Waals surface area contributed by atoms with Gasteiger partial charge in [-0.15, -0.1) is 0 Å². The molecule has 1 saturated heterocycles. The van der Waals surface area contributed by atoms with E-state index in [4.69, 9.17) is 0 Å². The maximum atomic E-state index is 13.1. The van der Waals surface area contributed by atoms with Crippen molar-refractivity contribution in [2.24, 2.45) is 0 Å². The molecule has 0 aliphatic carbocycles. The Hall–Kier alpha value is -1.83. The zero-order valence-electron chi connectivity index (χ0n) is 13.9. The van der Waals surface area contributed by atoms with Gasteiger partial charge < -0.3 is 0 Å². The Labute approximate surface area is 146 Å². The molecule has 4 nitrogen and oxygen atoms in total. The summed E-state index contributed by atoms with van der Waals surface area (Å²) in [5, 5.41) is 0. The summed E-state index contributed by atoms with van der Waals surface area (Å²) in [7, 11) is -1.58. The van der Waals surface area contributed by atoms with Gasteiger partial charge in [-0.25, -0.2) is 17.2 Å². The zero-order valence-corrected chi connectivity index (χ0v) is 14.7. The first-order chi connectivity index (χ1) is 11.8. The third-order valence-corrected chi connectivity index (χ3v) is 6.34. The van der Waals surface area contributed by atoms with Crippen molar-refractivity contribution in [3.63, 3.8) is 0 Å². The summed E-state index contributed by atoms with van der Waals surface area (Å²) in [6.45, 7) is 1.30. The van der Waals surface area contributed by atoms with E-state index in [1.165, 1.54) is 40.7 Å². The van der Waals surface area contributed by atoms with E-state index < -0.39 is 15.8 Å². The van der Waals surface area contributed by atoms with Crippen LogP contribution in [0.25, 0.3) is 0 Å². The molecule has 0 N–H and O–H groups in total. The van der Waals surface area contributed by atoms with Crippen LogP contribution in [-0.2, 0) is 15.8 Å². The highest BCUT2D eigenvalue weighted by atomic mass is 32.2. The second-order valence-electron chi connectivity index (χ2n) is 6.29. The SMILES string of the molecule is CN1CCN(S(=O)(=O)Cc2ccc(F)cc2)CC1c1ccc(F)cc1. The maximum Gasteiger partial charge on any atom is 0.218 e. The quantitative estimate of drug-likeness (QED) is 0.836. The van der Waals surface area contributed by atoms with Gasteiger partial charge in [0.25, 0.3) is 0 Å². The number of hydrogen-bond donors (Lipinski definition) is 0. The lowest BCUT2D eigenvalue weighted by Crippen LogP contribution is -2.49. The van der Waals surface area contributed by atoms with Crippen molar-refractivity contribution in [1.29, 1.82) is 0 Å². The van der Waals surface area contributed by atoms with E-state index >= 15 is 0 Å². The zero-order chi connectivity index (χ0) is 18.0. The van der Waals surface area contributed by atoms with Crippen LogP contribution in [-0.4, -0.2) is 44.3 Å². The highest BCUT2D eigenvalue weighted by molar-refractivity contribution is 7.88. The molecule has 25 heavy (non-hydrogen) atoms. The molecular formula is C18H20F2N2O2S. The van der Waals surface area contributed by atoms with Crippen LogP contribution in [0.2, 0.25) is 0 Å². The van der Waals surface area contributed by atoms with Crippen LogP contribution in [0, 0.1) is 11.6 Å². The molecule has 0 spiro atoms. The number of rotatable bonds is 4. The van der Waals surface area contributed by atoms with Crippen molar-refractivity contribution in [2.75, 3.05) is 26.7 Å². The Morgan fingerprint density at radius 3 is 2.12 bits per heavy atom. The Morgan fingerprint density at radius 2 is 1.52 bits per heavy atom. The van der Waals surface area contributed by atoms with Crippen molar-refractivity contribution in [3.05, 3.63) is 71.3 Å². The second-order valence-corrected chi connectivity index (χ2v) is 8.26. The fraction of sp³-hybridized carbons (Fsp3) is 0.333. The molecule has 0 bridgehead atoms. The number of benzene rings is 2. The molecule has 2 aromatic rings. The summed E-state index contributed by atoms with van der Waals surface area (Å²) in [5.74, 6) is -0.868. The molecule has 1 fully saturated rings. The maximum absolute atomic E-state index is 13.1. The van der Waals surface area contributed by atoms with Gasteiger partial charge in [-0.3, -0.25) is 4.90 Å². The Morgan fingerprint density at radius 1 is 0.960 bits per heavy atom. The summed E-state index contributed by atoms with van der Waals surface area (Å²) in [6, 6.07) is 11.5. The summed E-state index contributed by atoms with van der Waals surface area (Å²) < 4.78 is 53.1. The number of nitrogens with zero attached hydrogens (tertiary/aromatic N) is 2. The van der Waals surface area contributed by atoms with Crippen LogP contribution in [0.3, 0.4) is 0 Å². The lowest BCUT2D eigenvalue weighted by molar-refractivity contribution is 0.148.